The fourth-order valence-corrected chi connectivity index (χ4v) is 3.16. The van der Waals surface area contributed by atoms with Crippen molar-refractivity contribution in [1.29, 1.82) is 0 Å². The van der Waals surface area contributed by atoms with Gasteiger partial charge in [-0.25, -0.2) is 0 Å². The Morgan fingerprint density at radius 3 is 3.22 bits per heavy atom. The van der Waals surface area contributed by atoms with Crippen molar-refractivity contribution in [1.82, 2.24) is 5.32 Å². The molecule has 4 heteroatoms. The van der Waals surface area contributed by atoms with E-state index in [1.165, 1.54) is 23.5 Å². The van der Waals surface area contributed by atoms with Crippen LogP contribution < -0.4 is 10.1 Å². The van der Waals surface area contributed by atoms with E-state index in [1.807, 2.05) is 17.8 Å². The zero-order valence-corrected chi connectivity index (χ0v) is 13.1. The van der Waals surface area contributed by atoms with Crippen molar-refractivity contribution in [3.63, 3.8) is 0 Å². The predicted molar refractivity (Wildman–Crippen MR) is 82.7 cm³/mol. The molecule has 1 aromatic carbocycles. The van der Waals surface area contributed by atoms with Crippen LogP contribution in [0.15, 0.2) is 22.7 Å². The van der Waals surface area contributed by atoms with Crippen LogP contribution in [0.5, 0.6) is 5.75 Å². The van der Waals surface area contributed by atoms with E-state index in [4.69, 9.17) is 4.74 Å². The van der Waals surface area contributed by atoms with E-state index in [2.05, 4.69) is 40.3 Å². The first-order chi connectivity index (χ1) is 8.79. The Balaban J connectivity index is 1.65. The second kappa shape index (κ2) is 7.41. The van der Waals surface area contributed by atoms with Gasteiger partial charge in [-0.15, -0.1) is 0 Å². The lowest BCUT2D eigenvalue weighted by Gasteiger charge is -2.11. The molecule has 0 saturated heterocycles. The highest BCUT2D eigenvalue weighted by molar-refractivity contribution is 9.10. The summed E-state index contributed by atoms with van der Waals surface area (Å²) in [6, 6.07) is 6.25. The SMILES string of the molecule is CCSCCCNCC1Cc2cc(Br)ccc2O1. The van der Waals surface area contributed by atoms with Crippen LogP contribution in [0, 0.1) is 0 Å². The number of hydrogen-bond acceptors (Lipinski definition) is 3. The van der Waals surface area contributed by atoms with Crippen LogP contribution in [0.25, 0.3) is 0 Å². The number of benzene rings is 1. The lowest BCUT2D eigenvalue weighted by molar-refractivity contribution is 0.228. The van der Waals surface area contributed by atoms with Gasteiger partial charge in [0.15, 0.2) is 0 Å². The van der Waals surface area contributed by atoms with Gasteiger partial charge in [-0.2, -0.15) is 11.8 Å². The highest BCUT2D eigenvalue weighted by atomic mass is 79.9. The van der Waals surface area contributed by atoms with Crippen molar-refractivity contribution in [3.8, 4) is 5.75 Å². The Labute approximate surface area is 122 Å². The van der Waals surface area contributed by atoms with E-state index in [1.54, 1.807) is 0 Å². The molecule has 2 rings (SSSR count). The van der Waals surface area contributed by atoms with Crippen LogP contribution in [0.1, 0.15) is 18.9 Å². The third kappa shape index (κ3) is 4.18. The minimum Gasteiger partial charge on any atom is -0.488 e. The Morgan fingerprint density at radius 2 is 2.39 bits per heavy atom. The quantitative estimate of drug-likeness (QED) is 0.774. The minimum atomic E-state index is 0.299. The van der Waals surface area contributed by atoms with E-state index in [0.717, 1.165) is 29.7 Å². The smallest absolute Gasteiger partial charge is 0.123 e. The molecular formula is C14H20BrNOS. The molecule has 0 bridgehead atoms. The largest absolute Gasteiger partial charge is 0.488 e. The number of hydrogen-bond donors (Lipinski definition) is 1. The first-order valence-electron chi connectivity index (χ1n) is 6.53. The Hall–Kier alpha value is -0.190. The molecule has 1 atom stereocenters. The van der Waals surface area contributed by atoms with Crippen molar-refractivity contribution in [2.24, 2.45) is 0 Å². The summed E-state index contributed by atoms with van der Waals surface area (Å²) in [6.07, 6.45) is 2.56. The van der Waals surface area contributed by atoms with Crippen LogP contribution in [-0.4, -0.2) is 30.7 Å². The summed E-state index contributed by atoms with van der Waals surface area (Å²) in [5.74, 6) is 3.52. The number of fused-ring (bicyclic) bond motifs is 1. The van der Waals surface area contributed by atoms with Gasteiger partial charge in [0.2, 0.25) is 0 Å². The molecule has 18 heavy (non-hydrogen) atoms. The van der Waals surface area contributed by atoms with Crippen LogP contribution >= 0.6 is 27.7 Å². The molecule has 0 amide bonds. The van der Waals surface area contributed by atoms with Crippen molar-refractivity contribution >= 4 is 27.7 Å². The summed E-state index contributed by atoms with van der Waals surface area (Å²) in [4.78, 5) is 0. The molecule has 1 aliphatic rings. The third-order valence-corrected chi connectivity index (χ3v) is 4.46. The number of ether oxygens (including phenoxy) is 1. The molecular weight excluding hydrogens is 310 g/mol. The highest BCUT2D eigenvalue weighted by Gasteiger charge is 2.22. The zero-order valence-electron chi connectivity index (χ0n) is 10.7. The Morgan fingerprint density at radius 1 is 1.50 bits per heavy atom. The van der Waals surface area contributed by atoms with Crippen molar-refractivity contribution in [2.45, 2.75) is 25.9 Å². The maximum Gasteiger partial charge on any atom is 0.123 e. The molecule has 0 radical (unpaired) electrons. The number of thioether (sulfide) groups is 1. The van der Waals surface area contributed by atoms with Crippen molar-refractivity contribution in [3.05, 3.63) is 28.2 Å². The molecule has 100 valence electrons. The summed E-state index contributed by atoms with van der Waals surface area (Å²) in [5, 5.41) is 3.49. The van der Waals surface area contributed by atoms with Crippen LogP contribution in [-0.2, 0) is 6.42 Å². The monoisotopic (exact) mass is 329 g/mol. The molecule has 0 spiro atoms. The van der Waals surface area contributed by atoms with Gasteiger partial charge >= 0.3 is 0 Å². The van der Waals surface area contributed by atoms with Gasteiger partial charge in [0.25, 0.3) is 0 Å². The third-order valence-electron chi connectivity index (χ3n) is 2.98. The molecule has 1 unspecified atom stereocenters. The second-order valence-corrected chi connectivity index (χ2v) is 6.76. The van der Waals surface area contributed by atoms with Gasteiger partial charge < -0.3 is 10.1 Å². The average Bonchev–Trinajstić information content (AvgIpc) is 2.75. The standard InChI is InChI=1S/C14H20BrNOS/c1-2-18-7-3-6-16-10-13-9-11-8-12(15)4-5-14(11)17-13/h4-5,8,13,16H,2-3,6-7,9-10H2,1H3. The van der Waals surface area contributed by atoms with Crippen molar-refractivity contribution in [2.75, 3.05) is 24.6 Å². The van der Waals surface area contributed by atoms with Crippen LogP contribution in [0.3, 0.4) is 0 Å². The fourth-order valence-electron chi connectivity index (χ4n) is 2.11. The lowest BCUT2D eigenvalue weighted by atomic mass is 10.1. The molecule has 1 aromatic rings. The summed E-state index contributed by atoms with van der Waals surface area (Å²) < 4.78 is 7.04. The summed E-state index contributed by atoms with van der Waals surface area (Å²) in [6.45, 7) is 4.25. The maximum absolute atomic E-state index is 5.90. The van der Waals surface area contributed by atoms with E-state index in [-0.39, 0.29) is 0 Å². The summed E-state index contributed by atoms with van der Waals surface area (Å²) >= 11 is 5.50. The van der Waals surface area contributed by atoms with Gasteiger partial charge in [-0.3, -0.25) is 0 Å². The first kappa shape index (κ1) is 14.2. The van der Waals surface area contributed by atoms with E-state index >= 15 is 0 Å². The van der Waals surface area contributed by atoms with Gasteiger partial charge in [0.05, 0.1) is 0 Å². The van der Waals surface area contributed by atoms with Crippen LogP contribution in [0.2, 0.25) is 0 Å². The zero-order chi connectivity index (χ0) is 12.8. The van der Waals surface area contributed by atoms with Gasteiger partial charge in [0.1, 0.15) is 11.9 Å². The highest BCUT2D eigenvalue weighted by Crippen LogP contribution is 2.30. The summed E-state index contributed by atoms with van der Waals surface area (Å²) in [7, 11) is 0. The molecule has 0 saturated carbocycles. The topological polar surface area (TPSA) is 21.3 Å². The summed E-state index contributed by atoms with van der Waals surface area (Å²) in [5.41, 5.74) is 1.32. The Bertz CT molecular complexity index is 386. The average molecular weight is 330 g/mol. The minimum absolute atomic E-state index is 0.299. The molecule has 2 nitrogen and oxygen atoms in total. The Kier molecular flexibility index (Phi) is 5.86. The first-order valence-corrected chi connectivity index (χ1v) is 8.48. The fraction of sp³-hybridized carbons (Fsp3) is 0.571. The molecule has 1 aliphatic heterocycles. The van der Waals surface area contributed by atoms with Gasteiger partial charge in [-0.1, -0.05) is 22.9 Å². The molecule has 0 aliphatic carbocycles. The van der Waals surface area contributed by atoms with Crippen LogP contribution in [0.4, 0.5) is 0 Å². The number of halogens is 1. The number of nitrogens with one attached hydrogen (secondary N) is 1. The molecule has 0 fully saturated rings. The molecule has 1 heterocycles. The number of rotatable bonds is 7. The van der Waals surface area contributed by atoms with Gasteiger partial charge in [-0.05, 0) is 48.2 Å². The molecule has 1 N–H and O–H groups in total. The lowest BCUT2D eigenvalue weighted by Crippen LogP contribution is -2.30. The predicted octanol–water partition coefficient (Wildman–Crippen LogP) is 3.49. The van der Waals surface area contributed by atoms with Gasteiger partial charge in [0, 0.05) is 17.4 Å². The molecule has 0 aromatic heterocycles. The maximum atomic E-state index is 5.90. The normalized spacial score (nSPS) is 17.6. The van der Waals surface area contributed by atoms with Crippen molar-refractivity contribution < 1.29 is 4.74 Å². The van der Waals surface area contributed by atoms with E-state index in [9.17, 15) is 0 Å². The van der Waals surface area contributed by atoms with E-state index in [0.29, 0.717) is 6.10 Å². The van der Waals surface area contributed by atoms with E-state index < -0.39 is 0 Å². The second-order valence-electron chi connectivity index (χ2n) is 4.45.